The highest BCUT2D eigenvalue weighted by Crippen LogP contribution is 2.36. The molecule has 26 heavy (non-hydrogen) atoms. The van der Waals surface area contributed by atoms with Gasteiger partial charge in [-0.05, 0) is 37.6 Å². The molecule has 1 aromatic heterocycles. The van der Waals surface area contributed by atoms with E-state index < -0.39 is 5.60 Å². The fraction of sp³-hybridized carbons (Fsp3) is 0.421. The lowest BCUT2D eigenvalue weighted by atomic mass is 9.85. The van der Waals surface area contributed by atoms with E-state index in [0.29, 0.717) is 6.54 Å². The molecule has 0 aliphatic carbocycles. The minimum atomic E-state index is -0.476. The van der Waals surface area contributed by atoms with Gasteiger partial charge in [0.2, 0.25) is 0 Å². The molecule has 6 nitrogen and oxygen atoms in total. The van der Waals surface area contributed by atoms with E-state index in [0.717, 1.165) is 30.8 Å². The first-order chi connectivity index (χ1) is 12.5. The second-order valence-electron chi connectivity index (χ2n) is 7.10. The highest BCUT2D eigenvalue weighted by molar-refractivity contribution is 5.96. The maximum absolute atomic E-state index is 13.3. The minimum Gasteiger partial charge on any atom is -0.362 e. The maximum Gasteiger partial charge on any atom is 0.253 e. The van der Waals surface area contributed by atoms with Crippen molar-refractivity contribution in [2.45, 2.75) is 31.5 Å². The standard InChI is InChI=1S/C19H21FN4O2/c1-19-12-23(10-14-8-21-13-22-9-14)7-6-17(19)24(18(25)11-26-19)16-4-2-15(20)3-5-16/h2-5,8-9,13,17H,6-7,10-12H2,1H3/t17-,19-/m1/s1. The average Bonchev–Trinajstić information content (AvgIpc) is 2.64. The van der Waals surface area contributed by atoms with Gasteiger partial charge in [0, 0.05) is 43.3 Å². The summed E-state index contributed by atoms with van der Waals surface area (Å²) in [4.78, 5) is 24.7. The molecule has 2 atom stereocenters. The Labute approximate surface area is 151 Å². The zero-order valence-corrected chi connectivity index (χ0v) is 14.6. The number of hydrogen-bond donors (Lipinski definition) is 0. The summed E-state index contributed by atoms with van der Waals surface area (Å²) in [6.45, 7) is 4.37. The maximum atomic E-state index is 13.3. The van der Waals surface area contributed by atoms with E-state index in [4.69, 9.17) is 4.74 Å². The molecule has 2 aliphatic rings. The van der Waals surface area contributed by atoms with Gasteiger partial charge in [-0.2, -0.15) is 0 Å². The van der Waals surface area contributed by atoms with Crippen molar-refractivity contribution in [1.82, 2.24) is 14.9 Å². The number of morpholine rings is 1. The number of fused-ring (bicyclic) bond motifs is 1. The molecule has 0 bridgehead atoms. The fourth-order valence-corrected chi connectivity index (χ4v) is 3.98. The van der Waals surface area contributed by atoms with Crippen molar-refractivity contribution in [2.75, 3.05) is 24.6 Å². The van der Waals surface area contributed by atoms with E-state index in [2.05, 4.69) is 14.9 Å². The van der Waals surface area contributed by atoms with Gasteiger partial charge in [0.25, 0.3) is 5.91 Å². The first-order valence-electron chi connectivity index (χ1n) is 8.73. The molecule has 0 N–H and O–H groups in total. The van der Waals surface area contributed by atoms with Crippen LogP contribution in [0.5, 0.6) is 0 Å². The second kappa shape index (κ2) is 6.74. The first kappa shape index (κ1) is 17.1. The number of ether oxygens (including phenoxy) is 1. The number of amides is 1. The quantitative estimate of drug-likeness (QED) is 0.842. The highest BCUT2D eigenvalue weighted by atomic mass is 19.1. The van der Waals surface area contributed by atoms with Crippen molar-refractivity contribution in [3.8, 4) is 0 Å². The van der Waals surface area contributed by atoms with Crippen molar-refractivity contribution in [3.63, 3.8) is 0 Å². The third-order valence-corrected chi connectivity index (χ3v) is 5.19. The summed E-state index contributed by atoms with van der Waals surface area (Å²) in [5, 5.41) is 0. The van der Waals surface area contributed by atoms with E-state index in [9.17, 15) is 9.18 Å². The Morgan fingerprint density at radius 1 is 1.27 bits per heavy atom. The van der Waals surface area contributed by atoms with Crippen molar-refractivity contribution in [1.29, 1.82) is 0 Å². The third kappa shape index (κ3) is 3.20. The number of aromatic nitrogens is 2. The van der Waals surface area contributed by atoms with Crippen LogP contribution in [0, 0.1) is 5.82 Å². The molecule has 0 spiro atoms. The Bertz CT molecular complexity index is 786. The number of nitrogens with zero attached hydrogens (tertiary/aromatic N) is 4. The fourth-order valence-electron chi connectivity index (χ4n) is 3.98. The Morgan fingerprint density at radius 3 is 2.73 bits per heavy atom. The van der Waals surface area contributed by atoms with Gasteiger partial charge in [-0.1, -0.05) is 0 Å². The molecule has 4 rings (SSSR count). The van der Waals surface area contributed by atoms with Gasteiger partial charge in [-0.3, -0.25) is 9.69 Å². The van der Waals surface area contributed by atoms with Crippen molar-refractivity contribution >= 4 is 11.6 Å². The molecule has 0 saturated carbocycles. The van der Waals surface area contributed by atoms with Crippen molar-refractivity contribution < 1.29 is 13.9 Å². The molecule has 0 unspecified atom stereocenters. The summed E-state index contributed by atoms with van der Waals surface area (Å²) in [6.07, 6.45) is 5.94. The molecule has 0 radical (unpaired) electrons. The van der Waals surface area contributed by atoms with E-state index in [1.54, 1.807) is 17.0 Å². The van der Waals surface area contributed by atoms with Gasteiger partial charge in [0.15, 0.2) is 0 Å². The Hall–Kier alpha value is -2.38. The van der Waals surface area contributed by atoms with Gasteiger partial charge >= 0.3 is 0 Å². The molecular formula is C19H21FN4O2. The number of likely N-dealkylation sites (tertiary alicyclic amines) is 1. The molecule has 2 saturated heterocycles. The number of rotatable bonds is 3. The molecule has 2 aromatic rings. The van der Waals surface area contributed by atoms with E-state index in [-0.39, 0.29) is 24.4 Å². The zero-order valence-electron chi connectivity index (χ0n) is 14.6. The predicted octanol–water partition coefficient (Wildman–Crippen LogP) is 2.01. The summed E-state index contributed by atoms with van der Waals surface area (Å²) in [7, 11) is 0. The Balaban J connectivity index is 1.55. The van der Waals surface area contributed by atoms with E-state index in [1.165, 1.54) is 18.5 Å². The second-order valence-corrected chi connectivity index (χ2v) is 7.10. The van der Waals surface area contributed by atoms with Gasteiger partial charge < -0.3 is 9.64 Å². The van der Waals surface area contributed by atoms with Crippen molar-refractivity contribution in [2.24, 2.45) is 0 Å². The Kier molecular flexibility index (Phi) is 4.42. The number of halogens is 1. The van der Waals surface area contributed by atoms with Gasteiger partial charge in [0.05, 0.1) is 11.6 Å². The smallest absolute Gasteiger partial charge is 0.253 e. The van der Waals surface area contributed by atoms with E-state index >= 15 is 0 Å². The summed E-state index contributed by atoms with van der Waals surface area (Å²) in [6, 6.07) is 6.02. The minimum absolute atomic E-state index is 0.0344. The first-order valence-corrected chi connectivity index (χ1v) is 8.73. The topological polar surface area (TPSA) is 58.6 Å². The summed E-state index contributed by atoms with van der Waals surface area (Å²) < 4.78 is 19.3. The van der Waals surface area contributed by atoms with Crippen LogP contribution in [-0.4, -0.2) is 52.1 Å². The number of benzene rings is 1. The molecule has 136 valence electrons. The summed E-state index contributed by atoms with van der Waals surface area (Å²) >= 11 is 0. The summed E-state index contributed by atoms with van der Waals surface area (Å²) in [5.41, 5.74) is 1.30. The van der Waals surface area contributed by atoms with Gasteiger partial charge in [-0.15, -0.1) is 0 Å². The van der Waals surface area contributed by atoms with Crippen LogP contribution in [0.2, 0.25) is 0 Å². The van der Waals surface area contributed by atoms with Gasteiger partial charge in [-0.25, -0.2) is 14.4 Å². The van der Waals surface area contributed by atoms with Crippen LogP contribution >= 0.6 is 0 Å². The lowest BCUT2D eigenvalue weighted by Crippen LogP contribution is -2.67. The number of carbonyl (C=O) groups excluding carboxylic acids is 1. The van der Waals surface area contributed by atoms with Crippen LogP contribution in [0.15, 0.2) is 43.0 Å². The third-order valence-electron chi connectivity index (χ3n) is 5.19. The zero-order chi connectivity index (χ0) is 18.1. The average molecular weight is 356 g/mol. The molecular weight excluding hydrogens is 335 g/mol. The van der Waals surface area contributed by atoms with Crippen LogP contribution in [0.3, 0.4) is 0 Å². The van der Waals surface area contributed by atoms with Crippen molar-refractivity contribution in [3.05, 3.63) is 54.4 Å². The normalized spacial score (nSPS) is 26.6. The molecule has 1 amide bonds. The van der Waals surface area contributed by atoms with Crippen LogP contribution in [0.1, 0.15) is 18.9 Å². The lowest BCUT2D eigenvalue weighted by molar-refractivity contribution is -0.152. The number of hydrogen-bond acceptors (Lipinski definition) is 5. The summed E-state index contributed by atoms with van der Waals surface area (Å²) in [5.74, 6) is -0.388. The molecule has 2 fully saturated rings. The van der Waals surface area contributed by atoms with E-state index in [1.807, 2.05) is 19.3 Å². The SMILES string of the molecule is C[C@@]12CN(Cc3cncnc3)CC[C@H]1N(c1ccc(F)cc1)C(=O)CO2. The molecule has 2 aliphatic heterocycles. The Morgan fingerprint density at radius 2 is 2.00 bits per heavy atom. The number of piperidine rings is 1. The highest BCUT2D eigenvalue weighted by Gasteiger charge is 2.49. The predicted molar refractivity (Wildman–Crippen MR) is 94.0 cm³/mol. The number of anilines is 1. The van der Waals surface area contributed by atoms with Crippen LogP contribution < -0.4 is 4.90 Å². The van der Waals surface area contributed by atoms with Crippen LogP contribution in [0.25, 0.3) is 0 Å². The molecule has 1 aromatic carbocycles. The number of carbonyl (C=O) groups is 1. The van der Waals surface area contributed by atoms with Crippen LogP contribution in [0.4, 0.5) is 10.1 Å². The largest absolute Gasteiger partial charge is 0.362 e. The van der Waals surface area contributed by atoms with Gasteiger partial charge in [0.1, 0.15) is 18.8 Å². The lowest BCUT2D eigenvalue weighted by Gasteiger charge is -2.52. The monoisotopic (exact) mass is 356 g/mol. The van der Waals surface area contributed by atoms with Crippen LogP contribution in [-0.2, 0) is 16.1 Å². The molecule has 7 heteroatoms. The molecule has 3 heterocycles.